The highest BCUT2D eigenvalue weighted by molar-refractivity contribution is 8.00. The van der Waals surface area contributed by atoms with Gasteiger partial charge in [-0.2, -0.15) is 0 Å². The summed E-state index contributed by atoms with van der Waals surface area (Å²) in [5.74, 6) is 3.47. The summed E-state index contributed by atoms with van der Waals surface area (Å²) in [7, 11) is -1.37. The number of hydrogen-bond donors (Lipinski definition) is 0. The zero-order chi connectivity index (χ0) is 14.3. The van der Waals surface area contributed by atoms with E-state index in [0.717, 1.165) is 16.0 Å². The van der Waals surface area contributed by atoms with Crippen molar-refractivity contribution in [2.45, 2.75) is 49.6 Å². The lowest BCUT2D eigenvalue weighted by molar-refractivity contribution is 0.0967. The predicted molar refractivity (Wildman–Crippen MR) is 85.5 cm³/mol. The lowest BCUT2D eigenvalue weighted by atomic mass is 9.98. The molecule has 1 aliphatic heterocycles. The summed E-state index contributed by atoms with van der Waals surface area (Å²) in [6, 6.07) is 6.05. The summed E-state index contributed by atoms with van der Waals surface area (Å²) < 4.78 is 0.00953. The minimum absolute atomic E-state index is 0.00953. The Bertz CT molecular complexity index is 585. The third-order valence-electron chi connectivity index (χ3n) is 2.83. The fourth-order valence-corrected chi connectivity index (χ4v) is 3.73. The van der Waals surface area contributed by atoms with Crippen LogP contribution in [-0.2, 0) is 0 Å². The van der Waals surface area contributed by atoms with E-state index in [1.165, 1.54) is 0 Å². The molecule has 3 heteroatoms. The van der Waals surface area contributed by atoms with Gasteiger partial charge in [-0.25, -0.2) is 0 Å². The maximum Gasteiger partial charge on any atom is 0.165 e. The van der Waals surface area contributed by atoms with Gasteiger partial charge in [-0.3, -0.25) is 4.79 Å². The Morgan fingerprint density at radius 2 is 1.95 bits per heavy atom. The number of benzene rings is 1. The highest BCUT2D eigenvalue weighted by Gasteiger charge is 2.31. The Hall–Kier alpha value is -0.983. The summed E-state index contributed by atoms with van der Waals surface area (Å²) in [6.07, 6.45) is 0.607. The van der Waals surface area contributed by atoms with Crippen LogP contribution in [0.25, 0.3) is 0 Å². The fourth-order valence-electron chi connectivity index (χ4n) is 1.99. The van der Waals surface area contributed by atoms with Gasteiger partial charge < -0.3 is 0 Å². The molecule has 2 rings (SSSR count). The maximum absolute atomic E-state index is 12.2. The predicted octanol–water partition coefficient (Wildman–Crippen LogP) is 4.37. The summed E-state index contributed by atoms with van der Waals surface area (Å²) in [6.45, 7) is 10.9. The van der Waals surface area contributed by atoms with Crippen molar-refractivity contribution >= 4 is 25.6 Å². The van der Waals surface area contributed by atoms with Gasteiger partial charge in [0, 0.05) is 27.2 Å². The zero-order valence-electron chi connectivity index (χ0n) is 12.3. The van der Waals surface area contributed by atoms with Crippen molar-refractivity contribution < 1.29 is 4.79 Å². The van der Waals surface area contributed by atoms with E-state index in [1.54, 1.807) is 11.8 Å². The van der Waals surface area contributed by atoms with Crippen LogP contribution in [0.3, 0.4) is 0 Å². The quantitative estimate of drug-likeness (QED) is 0.521. The zero-order valence-corrected chi connectivity index (χ0v) is 14.1. The number of Topliss-reactive ketones (excluding diaryl/α,β-unsaturated/α-hetero) is 1. The Morgan fingerprint density at radius 1 is 1.26 bits per heavy atom. The van der Waals surface area contributed by atoms with Crippen LogP contribution in [0.1, 0.15) is 36.2 Å². The number of thioether (sulfide) groups is 1. The normalized spacial score (nSPS) is 17.4. The van der Waals surface area contributed by atoms with E-state index in [4.69, 9.17) is 0 Å². The summed E-state index contributed by atoms with van der Waals surface area (Å²) in [5, 5.41) is 0. The van der Waals surface area contributed by atoms with Crippen LogP contribution in [0, 0.1) is 11.5 Å². The molecule has 0 spiro atoms. The molecule has 0 aliphatic carbocycles. The van der Waals surface area contributed by atoms with Gasteiger partial charge in [0.2, 0.25) is 0 Å². The minimum Gasteiger partial charge on any atom is -0.294 e. The second kappa shape index (κ2) is 4.85. The molecule has 0 radical (unpaired) electrons. The molecule has 100 valence electrons. The van der Waals surface area contributed by atoms with E-state index >= 15 is 0 Å². The second-order valence-corrected chi connectivity index (χ2v) is 13.2. The van der Waals surface area contributed by atoms with Crippen LogP contribution >= 0.6 is 11.8 Å². The van der Waals surface area contributed by atoms with Crippen LogP contribution in [0.5, 0.6) is 0 Å². The molecule has 0 N–H and O–H groups in total. The maximum atomic E-state index is 12.2. The SMILES string of the molecule is CC1(C)CC(=O)c2cc(C#C[Si](C)(C)C)ccc2S1. The fraction of sp³-hybridized carbons (Fsp3) is 0.438. The standard InChI is InChI=1S/C16H20OSSi/c1-16(2)11-14(17)13-10-12(6-7-15(13)18-16)8-9-19(3,4)5/h6-7,10H,11H2,1-5H3. The number of hydrogen-bond acceptors (Lipinski definition) is 2. The number of rotatable bonds is 0. The van der Waals surface area contributed by atoms with Gasteiger partial charge in [-0.15, -0.1) is 17.3 Å². The van der Waals surface area contributed by atoms with Gasteiger partial charge in [0.1, 0.15) is 8.07 Å². The monoisotopic (exact) mass is 288 g/mol. The van der Waals surface area contributed by atoms with E-state index in [9.17, 15) is 4.79 Å². The van der Waals surface area contributed by atoms with Gasteiger partial charge in [-0.1, -0.05) is 25.6 Å². The highest BCUT2D eigenvalue weighted by Crippen LogP contribution is 2.42. The molecule has 0 fully saturated rings. The van der Waals surface area contributed by atoms with Gasteiger partial charge in [0.05, 0.1) is 0 Å². The van der Waals surface area contributed by atoms with Crippen LogP contribution in [0.2, 0.25) is 19.6 Å². The number of carbonyl (C=O) groups excluding carboxylic acids is 1. The Labute approximate surface area is 121 Å². The van der Waals surface area contributed by atoms with E-state index in [1.807, 2.05) is 18.2 Å². The molecule has 0 amide bonds. The molecular formula is C16H20OSSi. The molecule has 0 atom stereocenters. The topological polar surface area (TPSA) is 17.1 Å². The summed E-state index contributed by atoms with van der Waals surface area (Å²) in [4.78, 5) is 13.3. The van der Waals surface area contributed by atoms with Gasteiger partial charge in [0.15, 0.2) is 5.78 Å². The molecule has 19 heavy (non-hydrogen) atoms. The van der Waals surface area contributed by atoms with Crippen LogP contribution in [0.4, 0.5) is 0 Å². The van der Waals surface area contributed by atoms with Crippen molar-refractivity contribution in [2.75, 3.05) is 0 Å². The van der Waals surface area contributed by atoms with Gasteiger partial charge in [-0.05, 0) is 32.0 Å². The third kappa shape index (κ3) is 3.74. The minimum atomic E-state index is -1.37. The third-order valence-corrected chi connectivity index (χ3v) is 4.98. The first kappa shape index (κ1) is 14.4. The van der Waals surface area contributed by atoms with Crippen LogP contribution in [-0.4, -0.2) is 18.6 Å². The molecule has 0 saturated carbocycles. The molecule has 1 aliphatic rings. The van der Waals surface area contributed by atoms with Crippen molar-refractivity contribution in [1.82, 2.24) is 0 Å². The summed E-state index contributed by atoms with van der Waals surface area (Å²) in [5.41, 5.74) is 5.17. The second-order valence-electron chi connectivity index (χ2n) is 6.67. The molecule has 0 saturated heterocycles. The molecule has 1 nitrogen and oxygen atoms in total. The molecule has 0 bridgehead atoms. The lowest BCUT2D eigenvalue weighted by Crippen LogP contribution is -2.25. The van der Waals surface area contributed by atoms with Crippen molar-refractivity contribution in [1.29, 1.82) is 0 Å². The molecule has 1 aromatic rings. The average molecular weight is 288 g/mol. The molecule has 1 aromatic carbocycles. The largest absolute Gasteiger partial charge is 0.294 e. The van der Waals surface area contributed by atoms with Crippen molar-refractivity contribution in [3.8, 4) is 11.5 Å². The van der Waals surface area contributed by atoms with Crippen molar-refractivity contribution in [2.24, 2.45) is 0 Å². The van der Waals surface area contributed by atoms with Crippen molar-refractivity contribution in [3.63, 3.8) is 0 Å². The Kier molecular flexibility index (Phi) is 3.68. The van der Waals surface area contributed by atoms with E-state index in [2.05, 4.69) is 45.0 Å². The number of fused-ring (bicyclic) bond motifs is 1. The van der Waals surface area contributed by atoms with Crippen LogP contribution < -0.4 is 0 Å². The van der Waals surface area contributed by atoms with Gasteiger partial charge in [0.25, 0.3) is 0 Å². The Balaban J connectivity index is 2.37. The molecule has 1 heterocycles. The van der Waals surface area contributed by atoms with Crippen molar-refractivity contribution in [3.05, 3.63) is 29.3 Å². The smallest absolute Gasteiger partial charge is 0.165 e. The first-order chi connectivity index (χ1) is 8.66. The first-order valence-electron chi connectivity index (χ1n) is 6.56. The number of carbonyl (C=O) groups is 1. The average Bonchev–Trinajstić information content (AvgIpc) is 2.24. The van der Waals surface area contributed by atoms with E-state index in [0.29, 0.717) is 6.42 Å². The first-order valence-corrected chi connectivity index (χ1v) is 10.9. The van der Waals surface area contributed by atoms with Crippen LogP contribution in [0.15, 0.2) is 23.1 Å². The molecule has 0 aromatic heterocycles. The number of ketones is 1. The molecular weight excluding hydrogens is 268 g/mol. The summed E-state index contributed by atoms with van der Waals surface area (Å²) >= 11 is 1.79. The van der Waals surface area contributed by atoms with E-state index < -0.39 is 8.07 Å². The lowest BCUT2D eigenvalue weighted by Gasteiger charge is -2.29. The van der Waals surface area contributed by atoms with E-state index in [-0.39, 0.29) is 10.5 Å². The Morgan fingerprint density at radius 3 is 2.58 bits per heavy atom. The van der Waals surface area contributed by atoms with Gasteiger partial charge >= 0.3 is 0 Å². The highest BCUT2D eigenvalue weighted by atomic mass is 32.2. The molecule has 0 unspecified atom stereocenters.